The Morgan fingerprint density at radius 2 is 1.82 bits per heavy atom. The summed E-state index contributed by atoms with van der Waals surface area (Å²) >= 11 is 2.08. The van der Waals surface area contributed by atoms with Crippen LogP contribution in [0.3, 0.4) is 0 Å². The topological polar surface area (TPSA) is 136 Å². The van der Waals surface area contributed by atoms with E-state index in [1.54, 1.807) is 18.2 Å². The van der Waals surface area contributed by atoms with E-state index in [4.69, 9.17) is 14.2 Å². The van der Waals surface area contributed by atoms with E-state index in [-0.39, 0.29) is 11.7 Å². The molecule has 0 radical (unpaired) electrons. The lowest BCUT2D eigenvalue weighted by Crippen LogP contribution is -2.44. The third-order valence-electron chi connectivity index (χ3n) is 6.45. The van der Waals surface area contributed by atoms with Crippen molar-refractivity contribution in [1.82, 2.24) is 0 Å². The van der Waals surface area contributed by atoms with Gasteiger partial charge in [0.1, 0.15) is 28.1 Å². The molecular formula is C22H16IO9S-. The fourth-order valence-electron chi connectivity index (χ4n) is 5.13. The lowest BCUT2D eigenvalue weighted by atomic mass is 9.78. The van der Waals surface area contributed by atoms with E-state index in [9.17, 15) is 27.4 Å². The van der Waals surface area contributed by atoms with Crippen LogP contribution in [-0.2, 0) is 29.2 Å². The van der Waals surface area contributed by atoms with Crippen LogP contribution in [0.4, 0.5) is 0 Å². The lowest BCUT2D eigenvalue weighted by Gasteiger charge is -2.30. The molecule has 9 nitrogen and oxygen atoms in total. The molecule has 0 N–H and O–H groups in total. The van der Waals surface area contributed by atoms with Crippen molar-refractivity contribution in [2.24, 2.45) is 23.7 Å². The largest absolute Gasteiger partial charge is 0.744 e. The molecule has 172 valence electrons. The van der Waals surface area contributed by atoms with Crippen LogP contribution in [0.1, 0.15) is 16.8 Å². The van der Waals surface area contributed by atoms with Gasteiger partial charge in [0, 0.05) is 15.4 Å². The Morgan fingerprint density at radius 3 is 2.48 bits per heavy atom. The van der Waals surface area contributed by atoms with Crippen LogP contribution >= 0.6 is 22.6 Å². The highest BCUT2D eigenvalue weighted by Gasteiger charge is 2.70. The van der Waals surface area contributed by atoms with Crippen molar-refractivity contribution in [3.63, 3.8) is 0 Å². The van der Waals surface area contributed by atoms with Crippen LogP contribution in [0.2, 0.25) is 0 Å². The molecule has 2 saturated carbocycles. The molecule has 1 saturated heterocycles. The number of hydrogen-bond donors (Lipinski definition) is 0. The molecule has 3 aliphatic rings. The van der Waals surface area contributed by atoms with Gasteiger partial charge in [-0.05, 0) is 71.5 Å². The lowest BCUT2D eigenvalue weighted by molar-refractivity contribution is -0.149. The van der Waals surface area contributed by atoms with Gasteiger partial charge in [-0.2, -0.15) is 0 Å². The second-order valence-corrected chi connectivity index (χ2v) is 10.9. The molecule has 6 atom stereocenters. The van der Waals surface area contributed by atoms with Crippen LogP contribution in [-0.4, -0.2) is 43.1 Å². The standard InChI is InChI=1S/C22H17IO9S/c23-11-3-1-2-10(8-11)20(24)31-18-14-9-15-17(22(26)32-19(15)18)16(14)21(25)30-12-4-6-13(7-5-12)33(27,28)29/h1-8,14-19H,9H2,(H,27,28,29)/p-1/t14?,15?,16?,17-,18?,19?/m0/s1. The summed E-state index contributed by atoms with van der Waals surface area (Å²) in [6.07, 6.45) is -0.878. The summed E-state index contributed by atoms with van der Waals surface area (Å²) in [6.45, 7) is 0. The van der Waals surface area contributed by atoms with Crippen LogP contribution in [0.15, 0.2) is 53.4 Å². The Morgan fingerprint density at radius 1 is 1.09 bits per heavy atom. The maximum atomic E-state index is 13.0. The van der Waals surface area contributed by atoms with Gasteiger partial charge in [0.25, 0.3) is 0 Å². The van der Waals surface area contributed by atoms with Gasteiger partial charge in [-0.25, -0.2) is 13.2 Å². The zero-order valence-electron chi connectivity index (χ0n) is 16.8. The molecule has 5 unspecified atom stereocenters. The van der Waals surface area contributed by atoms with E-state index in [0.717, 1.165) is 15.7 Å². The summed E-state index contributed by atoms with van der Waals surface area (Å²) < 4.78 is 50.7. The maximum Gasteiger partial charge on any atom is 0.338 e. The van der Waals surface area contributed by atoms with Gasteiger partial charge >= 0.3 is 17.9 Å². The van der Waals surface area contributed by atoms with Crippen LogP contribution in [0, 0.1) is 27.2 Å². The van der Waals surface area contributed by atoms with E-state index >= 15 is 0 Å². The summed E-state index contributed by atoms with van der Waals surface area (Å²) in [5.41, 5.74) is 0.359. The summed E-state index contributed by atoms with van der Waals surface area (Å²) in [7, 11) is -4.63. The Balaban J connectivity index is 1.35. The zero-order chi connectivity index (χ0) is 23.5. The van der Waals surface area contributed by atoms with Gasteiger partial charge < -0.3 is 18.8 Å². The minimum Gasteiger partial charge on any atom is -0.744 e. The quantitative estimate of drug-likeness (QED) is 0.225. The molecule has 2 bridgehead atoms. The van der Waals surface area contributed by atoms with Gasteiger partial charge in [0.2, 0.25) is 0 Å². The number of rotatable bonds is 5. The number of carbonyl (C=O) groups excluding carboxylic acids is 3. The van der Waals surface area contributed by atoms with E-state index in [0.29, 0.717) is 12.0 Å². The molecule has 5 rings (SSSR count). The van der Waals surface area contributed by atoms with Crippen molar-refractivity contribution < 1.29 is 41.6 Å². The first-order chi connectivity index (χ1) is 15.6. The molecule has 2 aliphatic carbocycles. The Kier molecular flexibility index (Phi) is 5.45. The minimum atomic E-state index is -4.63. The highest BCUT2D eigenvalue weighted by molar-refractivity contribution is 14.1. The van der Waals surface area contributed by atoms with Crippen LogP contribution in [0.5, 0.6) is 5.75 Å². The molecule has 0 amide bonds. The molecule has 2 aromatic rings. The molecule has 1 heterocycles. The predicted molar refractivity (Wildman–Crippen MR) is 117 cm³/mol. The fraction of sp³-hybridized carbons (Fsp3) is 0.318. The fourth-order valence-corrected chi connectivity index (χ4v) is 6.15. The predicted octanol–water partition coefficient (Wildman–Crippen LogP) is 2.13. The highest BCUT2D eigenvalue weighted by Crippen LogP contribution is 2.59. The molecule has 1 aliphatic heterocycles. The first-order valence-electron chi connectivity index (χ1n) is 10.1. The average Bonchev–Trinajstić information content (AvgIpc) is 3.37. The van der Waals surface area contributed by atoms with E-state index in [2.05, 4.69) is 22.6 Å². The smallest absolute Gasteiger partial charge is 0.338 e. The van der Waals surface area contributed by atoms with Crippen molar-refractivity contribution in [1.29, 1.82) is 0 Å². The van der Waals surface area contributed by atoms with Crippen molar-refractivity contribution >= 4 is 50.6 Å². The van der Waals surface area contributed by atoms with Crippen LogP contribution < -0.4 is 4.74 Å². The number of hydrogen-bond acceptors (Lipinski definition) is 9. The van der Waals surface area contributed by atoms with Gasteiger partial charge in [-0.3, -0.25) is 9.59 Å². The summed E-state index contributed by atoms with van der Waals surface area (Å²) in [5.74, 6) is -3.98. The first kappa shape index (κ1) is 22.3. The normalized spacial score (nSPS) is 29.6. The summed E-state index contributed by atoms with van der Waals surface area (Å²) in [6, 6.07) is 11.3. The maximum absolute atomic E-state index is 13.0. The Hall–Kier alpha value is -2.51. The van der Waals surface area contributed by atoms with Crippen molar-refractivity contribution in [3.05, 3.63) is 57.7 Å². The minimum absolute atomic E-state index is 0.0329. The van der Waals surface area contributed by atoms with Gasteiger partial charge in [-0.15, -0.1) is 0 Å². The van der Waals surface area contributed by atoms with Crippen molar-refractivity contribution in [2.75, 3.05) is 0 Å². The number of fused-ring (bicyclic) bond motifs is 1. The number of esters is 3. The van der Waals surface area contributed by atoms with Crippen molar-refractivity contribution in [3.8, 4) is 5.75 Å². The molecule has 3 fully saturated rings. The summed E-state index contributed by atoms with van der Waals surface area (Å²) in [4.78, 5) is 37.8. The van der Waals surface area contributed by atoms with Gasteiger partial charge in [0.05, 0.1) is 22.3 Å². The Bertz CT molecular complexity index is 1260. The molecule has 0 spiro atoms. The third kappa shape index (κ3) is 3.91. The number of carbonyl (C=O) groups is 3. The number of ether oxygens (including phenoxy) is 3. The Labute approximate surface area is 202 Å². The number of benzene rings is 2. The zero-order valence-corrected chi connectivity index (χ0v) is 19.7. The third-order valence-corrected chi connectivity index (χ3v) is 7.97. The monoisotopic (exact) mass is 583 g/mol. The number of halogens is 1. The van der Waals surface area contributed by atoms with Crippen molar-refractivity contribution in [2.45, 2.75) is 23.5 Å². The molecule has 11 heteroatoms. The van der Waals surface area contributed by atoms with E-state index < -0.39 is 62.9 Å². The second kappa shape index (κ2) is 8.06. The second-order valence-electron chi connectivity index (χ2n) is 8.24. The summed E-state index contributed by atoms with van der Waals surface area (Å²) in [5, 5.41) is 0. The molecular weight excluding hydrogens is 567 g/mol. The highest BCUT2D eigenvalue weighted by atomic mass is 127. The SMILES string of the molecule is O=C(OC1C2CC3C1OC(=O)[C@@H]3C2C(=O)Oc1ccc(S(=O)(=O)[O-])cc1)c1cccc(I)c1. The van der Waals surface area contributed by atoms with Gasteiger partial charge in [0.15, 0.2) is 0 Å². The van der Waals surface area contributed by atoms with Gasteiger partial charge in [-0.1, -0.05) is 6.07 Å². The molecule has 2 aromatic carbocycles. The van der Waals surface area contributed by atoms with Crippen LogP contribution in [0.25, 0.3) is 0 Å². The first-order valence-corrected chi connectivity index (χ1v) is 12.6. The average molecular weight is 583 g/mol. The molecule has 0 aromatic heterocycles. The van der Waals surface area contributed by atoms with E-state index in [1.807, 2.05) is 6.07 Å². The molecule has 33 heavy (non-hydrogen) atoms. The van der Waals surface area contributed by atoms with E-state index in [1.165, 1.54) is 12.1 Å².